The Labute approximate surface area is 89.7 Å². The van der Waals surface area contributed by atoms with E-state index >= 15 is 0 Å². The topological polar surface area (TPSA) is 37.8 Å². The molecule has 0 radical (unpaired) electrons. The van der Waals surface area contributed by atoms with E-state index in [0.717, 1.165) is 0 Å². The zero-order valence-corrected chi connectivity index (χ0v) is 8.60. The third-order valence-corrected chi connectivity index (χ3v) is 1.74. The lowest BCUT2D eigenvalue weighted by Gasteiger charge is -2.15. The predicted octanol–water partition coefficient (Wildman–Crippen LogP) is 2.88. The van der Waals surface area contributed by atoms with E-state index in [0.29, 0.717) is 0 Å². The van der Waals surface area contributed by atoms with Crippen LogP contribution in [0.4, 0.5) is 19.0 Å². The molecular formula is C8H9ClF3N3. The van der Waals surface area contributed by atoms with Crippen molar-refractivity contribution in [2.75, 3.05) is 5.32 Å². The molecule has 0 saturated heterocycles. The van der Waals surface area contributed by atoms with Gasteiger partial charge in [0.1, 0.15) is 5.82 Å². The Bertz CT molecular complexity index is 329. The number of nitrogens with one attached hydrogen (secondary N) is 1. The fourth-order valence-electron chi connectivity index (χ4n) is 1.07. The minimum atomic E-state index is -4.19. The van der Waals surface area contributed by atoms with Gasteiger partial charge in [0, 0.05) is 12.2 Å². The van der Waals surface area contributed by atoms with Gasteiger partial charge >= 0.3 is 6.18 Å². The molecule has 1 N–H and O–H groups in total. The van der Waals surface area contributed by atoms with E-state index in [1.807, 2.05) is 0 Å². The lowest BCUT2D eigenvalue weighted by Crippen LogP contribution is -2.24. The van der Waals surface area contributed by atoms with Crippen molar-refractivity contribution in [1.29, 1.82) is 0 Å². The molecule has 0 aliphatic heterocycles. The Morgan fingerprint density at radius 2 is 2.20 bits per heavy atom. The minimum Gasteiger partial charge on any atom is -0.367 e. The number of aromatic nitrogens is 2. The van der Waals surface area contributed by atoms with E-state index < -0.39 is 18.6 Å². The highest BCUT2D eigenvalue weighted by molar-refractivity contribution is 6.28. The molecule has 0 aromatic carbocycles. The van der Waals surface area contributed by atoms with Crippen molar-refractivity contribution in [1.82, 2.24) is 9.97 Å². The van der Waals surface area contributed by atoms with E-state index in [4.69, 9.17) is 11.6 Å². The second-order valence-corrected chi connectivity index (χ2v) is 3.41. The Morgan fingerprint density at radius 3 is 2.73 bits per heavy atom. The van der Waals surface area contributed by atoms with E-state index in [-0.39, 0.29) is 11.1 Å². The third-order valence-electron chi connectivity index (χ3n) is 1.56. The summed E-state index contributed by atoms with van der Waals surface area (Å²) in [7, 11) is 0. The molecule has 1 unspecified atom stereocenters. The van der Waals surface area contributed by atoms with E-state index in [9.17, 15) is 13.2 Å². The van der Waals surface area contributed by atoms with E-state index in [1.54, 1.807) is 0 Å². The molecule has 1 atom stereocenters. The predicted molar refractivity (Wildman–Crippen MR) is 50.8 cm³/mol. The minimum absolute atomic E-state index is 0.000733. The van der Waals surface area contributed by atoms with E-state index in [1.165, 1.54) is 19.2 Å². The van der Waals surface area contributed by atoms with Gasteiger partial charge in [0.2, 0.25) is 5.28 Å². The highest BCUT2D eigenvalue weighted by atomic mass is 35.5. The van der Waals surface area contributed by atoms with Crippen LogP contribution in [0.25, 0.3) is 0 Å². The first-order valence-electron chi connectivity index (χ1n) is 4.18. The van der Waals surface area contributed by atoms with Crippen LogP contribution in [0, 0.1) is 0 Å². The van der Waals surface area contributed by atoms with Gasteiger partial charge in [-0.2, -0.15) is 13.2 Å². The van der Waals surface area contributed by atoms with Gasteiger partial charge < -0.3 is 5.32 Å². The van der Waals surface area contributed by atoms with Gasteiger partial charge in [0.15, 0.2) is 0 Å². The maximum absolute atomic E-state index is 12.0. The fourth-order valence-corrected chi connectivity index (χ4v) is 1.21. The molecule has 0 aliphatic rings. The van der Waals surface area contributed by atoms with Gasteiger partial charge in [-0.05, 0) is 24.6 Å². The summed E-state index contributed by atoms with van der Waals surface area (Å²) in [5.74, 6) is 0.284. The molecule has 0 saturated carbocycles. The highest BCUT2D eigenvalue weighted by Crippen LogP contribution is 2.22. The normalized spacial score (nSPS) is 13.7. The maximum Gasteiger partial charge on any atom is 0.391 e. The SMILES string of the molecule is CC(CC(F)(F)F)Nc1ccnc(Cl)n1. The summed E-state index contributed by atoms with van der Waals surface area (Å²) in [5, 5.41) is 2.58. The van der Waals surface area contributed by atoms with Gasteiger partial charge in [-0.25, -0.2) is 9.97 Å². The molecule has 0 amide bonds. The van der Waals surface area contributed by atoms with E-state index in [2.05, 4.69) is 15.3 Å². The molecular weight excluding hydrogens is 231 g/mol. The average molecular weight is 240 g/mol. The van der Waals surface area contributed by atoms with Crippen molar-refractivity contribution in [2.45, 2.75) is 25.6 Å². The number of hydrogen-bond acceptors (Lipinski definition) is 3. The monoisotopic (exact) mass is 239 g/mol. The zero-order valence-electron chi connectivity index (χ0n) is 7.85. The summed E-state index contributed by atoms with van der Waals surface area (Å²) in [6.07, 6.45) is -3.74. The summed E-state index contributed by atoms with van der Waals surface area (Å²) in [4.78, 5) is 7.33. The van der Waals surface area contributed by atoms with Crippen molar-refractivity contribution >= 4 is 17.4 Å². The Kier molecular flexibility index (Phi) is 3.73. The van der Waals surface area contributed by atoms with Gasteiger partial charge in [-0.1, -0.05) is 0 Å². The van der Waals surface area contributed by atoms with Crippen LogP contribution in [0.1, 0.15) is 13.3 Å². The summed E-state index contributed by atoms with van der Waals surface area (Å²) >= 11 is 5.48. The number of nitrogens with zero attached hydrogens (tertiary/aromatic N) is 2. The lowest BCUT2D eigenvalue weighted by atomic mass is 10.2. The maximum atomic E-state index is 12.0. The van der Waals surface area contributed by atoms with Crippen LogP contribution in [0.5, 0.6) is 0 Å². The summed E-state index contributed by atoms with van der Waals surface area (Å²) < 4.78 is 36.0. The largest absolute Gasteiger partial charge is 0.391 e. The molecule has 7 heteroatoms. The number of anilines is 1. The molecule has 15 heavy (non-hydrogen) atoms. The first kappa shape index (κ1) is 12.0. The third kappa shape index (κ3) is 4.83. The molecule has 0 spiro atoms. The fraction of sp³-hybridized carbons (Fsp3) is 0.500. The number of halogens is 4. The second kappa shape index (κ2) is 4.65. The number of hydrogen-bond donors (Lipinski definition) is 1. The quantitative estimate of drug-likeness (QED) is 0.825. The van der Waals surface area contributed by atoms with Crippen LogP contribution in [0.3, 0.4) is 0 Å². The first-order valence-corrected chi connectivity index (χ1v) is 4.56. The molecule has 1 aromatic heterocycles. The van der Waals surface area contributed by atoms with Crippen LogP contribution in [0.2, 0.25) is 5.28 Å². The van der Waals surface area contributed by atoms with Crippen LogP contribution in [-0.4, -0.2) is 22.2 Å². The van der Waals surface area contributed by atoms with Crippen LogP contribution < -0.4 is 5.32 Å². The highest BCUT2D eigenvalue weighted by Gasteiger charge is 2.29. The summed E-state index contributed by atoms with van der Waals surface area (Å²) in [6, 6.07) is 0.703. The molecule has 1 heterocycles. The Balaban J connectivity index is 2.55. The molecule has 0 fully saturated rings. The molecule has 0 bridgehead atoms. The average Bonchev–Trinajstić information content (AvgIpc) is 1.99. The summed E-state index contributed by atoms with van der Waals surface area (Å²) in [5.41, 5.74) is 0. The number of alkyl halides is 3. The van der Waals surface area contributed by atoms with Gasteiger partial charge in [0.05, 0.1) is 6.42 Å². The molecule has 3 nitrogen and oxygen atoms in total. The lowest BCUT2D eigenvalue weighted by molar-refractivity contribution is -0.136. The van der Waals surface area contributed by atoms with Gasteiger partial charge in [-0.3, -0.25) is 0 Å². The summed E-state index contributed by atoms with van der Waals surface area (Å²) in [6.45, 7) is 1.42. The van der Waals surface area contributed by atoms with Crippen molar-refractivity contribution in [3.63, 3.8) is 0 Å². The van der Waals surface area contributed by atoms with Gasteiger partial charge in [-0.15, -0.1) is 0 Å². The molecule has 84 valence electrons. The molecule has 1 rings (SSSR count). The van der Waals surface area contributed by atoms with Crippen LogP contribution in [0.15, 0.2) is 12.3 Å². The Hall–Kier alpha value is -1.04. The second-order valence-electron chi connectivity index (χ2n) is 3.08. The van der Waals surface area contributed by atoms with Gasteiger partial charge in [0.25, 0.3) is 0 Å². The van der Waals surface area contributed by atoms with Crippen LogP contribution in [-0.2, 0) is 0 Å². The zero-order chi connectivity index (χ0) is 11.5. The first-order chi connectivity index (χ1) is 6.87. The van der Waals surface area contributed by atoms with Crippen molar-refractivity contribution in [2.24, 2.45) is 0 Å². The molecule has 1 aromatic rings. The van der Waals surface area contributed by atoms with Crippen LogP contribution >= 0.6 is 11.6 Å². The number of rotatable bonds is 3. The smallest absolute Gasteiger partial charge is 0.367 e. The van der Waals surface area contributed by atoms with Crippen molar-refractivity contribution in [3.8, 4) is 0 Å². The standard InChI is InChI=1S/C8H9ClF3N3/c1-5(4-8(10,11)12)14-6-2-3-13-7(9)15-6/h2-3,5H,4H2,1H3,(H,13,14,15). The van der Waals surface area contributed by atoms with Crippen molar-refractivity contribution < 1.29 is 13.2 Å². The molecule has 0 aliphatic carbocycles. The Morgan fingerprint density at radius 1 is 1.53 bits per heavy atom. The van der Waals surface area contributed by atoms with Crippen molar-refractivity contribution in [3.05, 3.63) is 17.5 Å².